The number of carbonyl (C=O) groups excluding carboxylic acids is 1. The average molecular weight is 232 g/mol. The van der Waals surface area contributed by atoms with Crippen LogP contribution in [-0.4, -0.2) is 38.0 Å². The summed E-state index contributed by atoms with van der Waals surface area (Å²) in [5.74, 6) is 0.332. The van der Waals surface area contributed by atoms with Gasteiger partial charge >= 0.3 is 0 Å². The highest BCUT2D eigenvalue weighted by Crippen LogP contribution is 2.33. The molecule has 0 bridgehead atoms. The fourth-order valence-electron chi connectivity index (χ4n) is 2.47. The number of amides is 1. The molecular formula is C14H20N2O. The molecule has 1 amide bonds. The summed E-state index contributed by atoms with van der Waals surface area (Å²) in [7, 11) is 3.80. The predicted octanol–water partition coefficient (Wildman–Crippen LogP) is 1.39. The fraction of sp³-hybridized carbons (Fsp3) is 0.500. The molecule has 2 rings (SSSR count). The van der Waals surface area contributed by atoms with Gasteiger partial charge in [0.1, 0.15) is 0 Å². The fourth-order valence-corrected chi connectivity index (χ4v) is 2.47. The number of rotatable bonds is 4. The summed E-state index contributed by atoms with van der Waals surface area (Å²) in [6.07, 6.45) is 1.99. The van der Waals surface area contributed by atoms with Crippen molar-refractivity contribution in [2.75, 3.05) is 27.2 Å². The Balaban J connectivity index is 2.07. The molecule has 1 aliphatic carbocycles. The molecule has 0 heterocycles. The maximum absolute atomic E-state index is 12.3. The van der Waals surface area contributed by atoms with Gasteiger partial charge in [0.05, 0.1) is 5.92 Å². The minimum Gasteiger partial charge on any atom is -0.344 e. The Morgan fingerprint density at radius 3 is 3.00 bits per heavy atom. The van der Waals surface area contributed by atoms with Crippen LogP contribution < -0.4 is 5.32 Å². The number of fused-ring (bicyclic) bond motifs is 1. The van der Waals surface area contributed by atoms with Gasteiger partial charge in [-0.05, 0) is 31.0 Å². The van der Waals surface area contributed by atoms with Crippen LogP contribution in [0.15, 0.2) is 24.3 Å². The number of carbonyl (C=O) groups is 1. The molecule has 1 unspecified atom stereocenters. The van der Waals surface area contributed by atoms with Crippen LogP contribution in [0.5, 0.6) is 0 Å². The Bertz CT molecular complexity index is 403. The number of nitrogens with one attached hydrogen (secondary N) is 1. The first-order valence-electron chi connectivity index (χ1n) is 6.21. The van der Waals surface area contributed by atoms with Gasteiger partial charge in [-0.1, -0.05) is 24.3 Å². The molecule has 0 saturated carbocycles. The smallest absolute Gasteiger partial charge is 0.229 e. The molecule has 17 heavy (non-hydrogen) atoms. The zero-order valence-electron chi connectivity index (χ0n) is 10.6. The van der Waals surface area contributed by atoms with Crippen molar-refractivity contribution < 1.29 is 4.79 Å². The number of hydrogen-bond acceptors (Lipinski definition) is 2. The third-order valence-corrected chi connectivity index (χ3v) is 3.50. The molecular weight excluding hydrogens is 212 g/mol. The lowest BCUT2D eigenvalue weighted by Gasteiger charge is -2.21. The maximum Gasteiger partial charge on any atom is 0.229 e. The van der Waals surface area contributed by atoms with Gasteiger partial charge in [-0.3, -0.25) is 4.79 Å². The molecule has 1 aromatic carbocycles. The second-order valence-electron chi connectivity index (χ2n) is 4.65. The summed E-state index contributed by atoms with van der Waals surface area (Å²) in [6, 6.07) is 8.31. The minimum atomic E-state index is 0.0769. The van der Waals surface area contributed by atoms with E-state index in [-0.39, 0.29) is 11.8 Å². The van der Waals surface area contributed by atoms with Gasteiger partial charge in [-0.2, -0.15) is 0 Å². The molecule has 0 spiro atoms. The SMILES string of the molecule is CNCCN(C)C(=O)C1CCc2ccccc21. The van der Waals surface area contributed by atoms with Crippen LogP contribution in [0, 0.1) is 0 Å². The van der Waals surface area contributed by atoms with Crippen molar-refractivity contribution in [3.8, 4) is 0 Å². The molecule has 92 valence electrons. The van der Waals surface area contributed by atoms with Crippen LogP contribution in [0.3, 0.4) is 0 Å². The Labute approximate surface area is 103 Å². The van der Waals surface area contributed by atoms with E-state index in [2.05, 4.69) is 23.5 Å². The Morgan fingerprint density at radius 1 is 1.47 bits per heavy atom. The molecule has 0 aliphatic heterocycles. The van der Waals surface area contributed by atoms with E-state index < -0.39 is 0 Å². The second kappa shape index (κ2) is 5.32. The number of benzene rings is 1. The molecule has 1 atom stereocenters. The van der Waals surface area contributed by atoms with Gasteiger partial charge in [-0.25, -0.2) is 0 Å². The summed E-state index contributed by atoms with van der Waals surface area (Å²) < 4.78 is 0. The van der Waals surface area contributed by atoms with Gasteiger partial charge in [0.2, 0.25) is 5.91 Å². The van der Waals surface area contributed by atoms with Crippen LogP contribution in [0.4, 0.5) is 0 Å². The van der Waals surface area contributed by atoms with Crippen molar-refractivity contribution in [1.82, 2.24) is 10.2 Å². The summed E-state index contributed by atoms with van der Waals surface area (Å²) in [5, 5.41) is 3.07. The average Bonchev–Trinajstić information content (AvgIpc) is 2.78. The molecule has 0 saturated heterocycles. The highest BCUT2D eigenvalue weighted by atomic mass is 16.2. The maximum atomic E-state index is 12.3. The highest BCUT2D eigenvalue weighted by Gasteiger charge is 2.29. The Morgan fingerprint density at radius 2 is 2.24 bits per heavy atom. The van der Waals surface area contributed by atoms with Gasteiger partial charge in [-0.15, -0.1) is 0 Å². The molecule has 1 aliphatic rings. The van der Waals surface area contributed by atoms with E-state index in [1.165, 1.54) is 11.1 Å². The van der Waals surface area contributed by atoms with E-state index in [4.69, 9.17) is 0 Å². The molecule has 3 heteroatoms. The normalized spacial score (nSPS) is 17.9. The second-order valence-corrected chi connectivity index (χ2v) is 4.65. The topological polar surface area (TPSA) is 32.3 Å². The molecule has 1 N–H and O–H groups in total. The molecule has 0 fully saturated rings. The Hall–Kier alpha value is -1.35. The van der Waals surface area contributed by atoms with Gasteiger partial charge in [0.15, 0.2) is 0 Å². The van der Waals surface area contributed by atoms with Gasteiger partial charge in [0.25, 0.3) is 0 Å². The largest absolute Gasteiger partial charge is 0.344 e. The first-order chi connectivity index (χ1) is 8.24. The van der Waals surface area contributed by atoms with E-state index >= 15 is 0 Å². The third-order valence-electron chi connectivity index (χ3n) is 3.50. The standard InChI is InChI=1S/C14H20N2O/c1-15-9-10-16(2)14(17)13-8-7-11-5-3-4-6-12(11)13/h3-6,13,15H,7-10H2,1-2H3. The number of nitrogens with zero attached hydrogens (tertiary/aromatic N) is 1. The van der Waals surface area contributed by atoms with E-state index in [1.54, 1.807) is 0 Å². The predicted molar refractivity (Wildman–Crippen MR) is 69.1 cm³/mol. The summed E-state index contributed by atoms with van der Waals surface area (Å²) in [5.41, 5.74) is 2.57. The van der Waals surface area contributed by atoms with E-state index in [1.807, 2.05) is 25.1 Å². The number of aryl methyl sites for hydroxylation is 1. The lowest BCUT2D eigenvalue weighted by Crippen LogP contribution is -2.35. The van der Waals surface area contributed by atoms with Crippen molar-refractivity contribution in [2.45, 2.75) is 18.8 Å². The van der Waals surface area contributed by atoms with Crippen molar-refractivity contribution >= 4 is 5.91 Å². The summed E-state index contributed by atoms with van der Waals surface area (Å²) in [6.45, 7) is 1.62. The van der Waals surface area contributed by atoms with E-state index in [0.29, 0.717) is 0 Å². The molecule has 0 radical (unpaired) electrons. The lowest BCUT2D eigenvalue weighted by molar-refractivity contribution is -0.131. The molecule has 3 nitrogen and oxygen atoms in total. The van der Waals surface area contributed by atoms with E-state index in [0.717, 1.165) is 25.9 Å². The van der Waals surface area contributed by atoms with E-state index in [9.17, 15) is 4.79 Å². The molecule has 1 aromatic rings. The minimum absolute atomic E-state index is 0.0769. The zero-order valence-corrected chi connectivity index (χ0v) is 10.6. The van der Waals surface area contributed by atoms with Crippen molar-refractivity contribution in [3.05, 3.63) is 35.4 Å². The number of hydrogen-bond donors (Lipinski definition) is 1. The summed E-state index contributed by atoms with van der Waals surface area (Å²) >= 11 is 0. The summed E-state index contributed by atoms with van der Waals surface area (Å²) in [4.78, 5) is 14.1. The van der Waals surface area contributed by atoms with Crippen molar-refractivity contribution in [1.29, 1.82) is 0 Å². The highest BCUT2D eigenvalue weighted by molar-refractivity contribution is 5.84. The first-order valence-corrected chi connectivity index (χ1v) is 6.21. The van der Waals surface area contributed by atoms with Crippen molar-refractivity contribution in [2.24, 2.45) is 0 Å². The zero-order chi connectivity index (χ0) is 12.3. The number of likely N-dealkylation sites (N-methyl/N-ethyl adjacent to an activating group) is 2. The third kappa shape index (κ3) is 2.50. The molecule has 0 aromatic heterocycles. The Kier molecular flexibility index (Phi) is 3.79. The van der Waals surface area contributed by atoms with Crippen LogP contribution in [0.2, 0.25) is 0 Å². The van der Waals surface area contributed by atoms with Gasteiger partial charge < -0.3 is 10.2 Å². The van der Waals surface area contributed by atoms with Crippen LogP contribution in [0.1, 0.15) is 23.5 Å². The monoisotopic (exact) mass is 232 g/mol. The van der Waals surface area contributed by atoms with Crippen molar-refractivity contribution in [3.63, 3.8) is 0 Å². The quantitative estimate of drug-likeness (QED) is 0.851. The lowest BCUT2D eigenvalue weighted by atomic mass is 10.00. The first kappa shape index (κ1) is 12.1. The van der Waals surface area contributed by atoms with Crippen LogP contribution >= 0.6 is 0 Å². The van der Waals surface area contributed by atoms with Gasteiger partial charge in [0, 0.05) is 20.1 Å². The van der Waals surface area contributed by atoms with Crippen LogP contribution in [0.25, 0.3) is 0 Å². The van der Waals surface area contributed by atoms with Crippen LogP contribution in [-0.2, 0) is 11.2 Å².